The number of primary amides is 1. The molecular weight excluding hydrogens is 403 g/mol. The summed E-state index contributed by atoms with van der Waals surface area (Å²) >= 11 is 11.7. The first-order valence-electron chi connectivity index (χ1n) is 7.60. The van der Waals surface area contributed by atoms with E-state index in [1.54, 1.807) is 24.3 Å². The van der Waals surface area contributed by atoms with E-state index in [2.05, 4.69) is 15.4 Å². The Bertz CT molecular complexity index is 820. The van der Waals surface area contributed by atoms with Crippen molar-refractivity contribution in [3.05, 3.63) is 58.1 Å². The van der Waals surface area contributed by atoms with Crippen LogP contribution in [0.2, 0.25) is 10.0 Å². The second-order valence-corrected chi connectivity index (χ2v) is 6.23. The number of halogens is 4. The summed E-state index contributed by atoms with van der Waals surface area (Å²) in [5, 5.41) is 5.46. The van der Waals surface area contributed by atoms with E-state index in [4.69, 9.17) is 28.9 Å². The summed E-state index contributed by atoms with van der Waals surface area (Å²) in [6.07, 6.45) is -0.128. The topological polar surface area (TPSA) is 93.5 Å². The molecule has 0 bridgehead atoms. The number of hydrogen-bond acceptors (Lipinski definition) is 3. The predicted octanol–water partition coefficient (Wildman–Crippen LogP) is 4.33. The smallest absolute Gasteiger partial charge is 0.387 e. The number of ether oxygens (including phenoxy) is 1. The number of nitrogens with two attached hydrogens (primary N) is 1. The van der Waals surface area contributed by atoms with E-state index in [0.717, 1.165) is 0 Å². The zero-order valence-corrected chi connectivity index (χ0v) is 15.2. The maximum atomic E-state index is 12.3. The van der Waals surface area contributed by atoms with Crippen LogP contribution in [0.3, 0.4) is 0 Å². The SMILES string of the molecule is NC(=O)N[C@H](CC(=O)Nc1ccc(OC(F)F)c(Cl)c1)c1ccc(Cl)cc1. The summed E-state index contributed by atoms with van der Waals surface area (Å²) in [5.41, 5.74) is 6.07. The summed E-state index contributed by atoms with van der Waals surface area (Å²) < 4.78 is 28.7. The van der Waals surface area contributed by atoms with Crippen molar-refractivity contribution in [2.45, 2.75) is 19.1 Å². The molecule has 3 amide bonds. The number of nitrogens with one attached hydrogen (secondary N) is 2. The number of rotatable bonds is 7. The van der Waals surface area contributed by atoms with Gasteiger partial charge in [0.05, 0.1) is 17.5 Å². The van der Waals surface area contributed by atoms with Crippen molar-refractivity contribution in [3.8, 4) is 5.75 Å². The minimum absolute atomic E-state index is 0.0855. The van der Waals surface area contributed by atoms with Gasteiger partial charge >= 0.3 is 12.6 Å². The highest BCUT2D eigenvalue weighted by Gasteiger charge is 2.18. The van der Waals surface area contributed by atoms with Crippen LogP contribution in [-0.2, 0) is 4.79 Å². The van der Waals surface area contributed by atoms with Crippen LogP contribution in [0.25, 0.3) is 0 Å². The summed E-state index contributed by atoms with van der Waals surface area (Å²) in [6.45, 7) is -3.01. The Morgan fingerprint density at radius 3 is 2.33 bits per heavy atom. The summed E-state index contributed by atoms with van der Waals surface area (Å²) in [7, 11) is 0. The summed E-state index contributed by atoms with van der Waals surface area (Å²) in [6, 6.07) is 8.92. The normalized spacial score (nSPS) is 11.7. The van der Waals surface area contributed by atoms with Gasteiger partial charge in [-0.15, -0.1) is 0 Å². The van der Waals surface area contributed by atoms with Crippen molar-refractivity contribution in [2.24, 2.45) is 5.73 Å². The maximum absolute atomic E-state index is 12.3. The number of anilines is 1. The van der Waals surface area contributed by atoms with Crippen LogP contribution in [0.1, 0.15) is 18.0 Å². The van der Waals surface area contributed by atoms with Crippen molar-refractivity contribution >= 4 is 40.8 Å². The fourth-order valence-electron chi connectivity index (χ4n) is 2.29. The lowest BCUT2D eigenvalue weighted by molar-refractivity contribution is -0.116. The van der Waals surface area contributed by atoms with E-state index < -0.39 is 24.6 Å². The number of urea groups is 1. The van der Waals surface area contributed by atoms with Gasteiger partial charge in [-0.2, -0.15) is 8.78 Å². The van der Waals surface area contributed by atoms with Crippen LogP contribution in [0.15, 0.2) is 42.5 Å². The maximum Gasteiger partial charge on any atom is 0.387 e. The van der Waals surface area contributed by atoms with Crippen molar-refractivity contribution in [2.75, 3.05) is 5.32 Å². The Morgan fingerprint density at radius 1 is 1.11 bits per heavy atom. The second-order valence-electron chi connectivity index (χ2n) is 5.39. The molecule has 1 atom stereocenters. The fraction of sp³-hybridized carbons (Fsp3) is 0.176. The first kappa shape index (κ1) is 20.7. The van der Waals surface area contributed by atoms with Crippen LogP contribution < -0.4 is 21.1 Å². The quantitative estimate of drug-likeness (QED) is 0.625. The molecule has 0 aliphatic rings. The predicted molar refractivity (Wildman–Crippen MR) is 98.2 cm³/mol. The average molecular weight is 418 g/mol. The Morgan fingerprint density at radius 2 is 1.78 bits per heavy atom. The lowest BCUT2D eigenvalue weighted by Crippen LogP contribution is -2.35. The van der Waals surface area contributed by atoms with Gasteiger partial charge < -0.3 is 21.1 Å². The zero-order valence-electron chi connectivity index (χ0n) is 13.7. The van der Waals surface area contributed by atoms with Crippen molar-refractivity contribution < 1.29 is 23.1 Å². The van der Waals surface area contributed by atoms with Crippen LogP contribution in [0, 0.1) is 0 Å². The first-order valence-corrected chi connectivity index (χ1v) is 8.36. The Kier molecular flexibility index (Phi) is 7.20. The molecule has 0 unspecified atom stereocenters. The molecule has 0 radical (unpaired) electrons. The molecule has 2 aromatic carbocycles. The monoisotopic (exact) mass is 417 g/mol. The number of hydrogen-bond donors (Lipinski definition) is 3. The molecule has 0 aliphatic carbocycles. The average Bonchev–Trinajstić information content (AvgIpc) is 2.56. The Balaban J connectivity index is 2.08. The molecule has 0 fully saturated rings. The minimum atomic E-state index is -3.01. The fourth-order valence-corrected chi connectivity index (χ4v) is 2.64. The number of alkyl halides is 2. The van der Waals surface area contributed by atoms with E-state index in [9.17, 15) is 18.4 Å². The minimum Gasteiger partial charge on any atom is -0.433 e. The number of carbonyl (C=O) groups excluding carboxylic acids is 2. The van der Waals surface area contributed by atoms with Crippen LogP contribution >= 0.6 is 23.2 Å². The molecule has 0 aliphatic heterocycles. The van der Waals surface area contributed by atoms with Gasteiger partial charge in [-0.05, 0) is 35.9 Å². The Labute approximate surface area is 163 Å². The van der Waals surface area contributed by atoms with E-state index >= 15 is 0 Å². The first-order chi connectivity index (χ1) is 12.7. The molecule has 0 saturated heterocycles. The summed E-state index contributed by atoms with van der Waals surface area (Å²) in [4.78, 5) is 23.5. The van der Waals surface area contributed by atoms with Gasteiger partial charge in [0.1, 0.15) is 5.75 Å². The van der Waals surface area contributed by atoms with Crippen LogP contribution in [0.5, 0.6) is 5.75 Å². The third-order valence-electron chi connectivity index (χ3n) is 3.41. The van der Waals surface area contributed by atoms with Gasteiger partial charge in [-0.25, -0.2) is 4.79 Å². The highest BCUT2D eigenvalue weighted by molar-refractivity contribution is 6.32. The molecule has 144 valence electrons. The van der Waals surface area contributed by atoms with Crippen molar-refractivity contribution in [1.29, 1.82) is 0 Å². The van der Waals surface area contributed by atoms with Gasteiger partial charge in [0.15, 0.2) is 0 Å². The molecular formula is C17H15Cl2F2N3O3. The van der Waals surface area contributed by atoms with Crippen LogP contribution in [0.4, 0.5) is 19.3 Å². The van der Waals surface area contributed by atoms with E-state index in [0.29, 0.717) is 10.6 Å². The highest BCUT2D eigenvalue weighted by atomic mass is 35.5. The molecule has 4 N–H and O–H groups in total. The molecule has 2 aromatic rings. The van der Waals surface area contributed by atoms with Crippen molar-refractivity contribution in [1.82, 2.24) is 5.32 Å². The standard InChI is InChI=1S/C17H15Cl2F2N3O3/c18-10-3-1-9(2-4-10)13(24-17(22)26)8-15(25)23-11-5-6-14(12(19)7-11)27-16(20)21/h1-7,13,16H,8H2,(H,23,25)(H3,22,24,26)/t13-/m1/s1. The number of benzene rings is 2. The number of carbonyl (C=O) groups is 2. The molecule has 27 heavy (non-hydrogen) atoms. The van der Waals surface area contributed by atoms with Gasteiger partial charge in [-0.3, -0.25) is 4.79 Å². The zero-order chi connectivity index (χ0) is 20.0. The molecule has 6 nitrogen and oxygen atoms in total. The van der Waals surface area contributed by atoms with Crippen LogP contribution in [-0.4, -0.2) is 18.5 Å². The van der Waals surface area contributed by atoms with E-state index in [-0.39, 0.29) is 22.9 Å². The van der Waals surface area contributed by atoms with E-state index in [1.807, 2.05) is 0 Å². The lowest BCUT2D eigenvalue weighted by Gasteiger charge is -2.18. The van der Waals surface area contributed by atoms with E-state index in [1.165, 1.54) is 18.2 Å². The molecule has 0 aromatic heterocycles. The number of amides is 3. The van der Waals surface area contributed by atoms with Gasteiger partial charge in [0.25, 0.3) is 0 Å². The largest absolute Gasteiger partial charge is 0.433 e. The highest BCUT2D eigenvalue weighted by Crippen LogP contribution is 2.29. The Hall–Kier alpha value is -2.58. The molecule has 10 heteroatoms. The summed E-state index contributed by atoms with van der Waals surface area (Å²) in [5.74, 6) is -0.665. The lowest BCUT2D eigenvalue weighted by atomic mass is 10.0. The molecule has 0 saturated carbocycles. The molecule has 0 heterocycles. The van der Waals surface area contributed by atoms with Crippen molar-refractivity contribution in [3.63, 3.8) is 0 Å². The van der Waals surface area contributed by atoms with Gasteiger partial charge in [-0.1, -0.05) is 35.3 Å². The second kappa shape index (κ2) is 9.38. The molecule has 2 rings (SSSR count). The third-order valence-corrected chi connectivity index (χ3v) is 3.96. The molecule has 0 spiro atoms. The van der Waals surface area contributed by atoms with Gasteiger partial charge in [0, 0.05) is 10.7 Å². The van der Waals surface area contributed by atoms with Gasteiger partial charge in [0.2, 0.25) is 5.91 Å². The third kappa shape index (κ3) is 6.58.